The van der Waals surface area contributed by atoms with E-state index in [1.54, 1.807) is 18.3 Å². The summed E-state index contributed by atoms with van der Waals surface area (Å²) in [7, 11) is 0. The van der Waals surface area contributed by atoms with Gasteiger partial charge in [-0.05, 0) is 6.07 Å². The molecule has 21 heavy (non-hydrogen) atoms. The van der Waals surface area contributed by atoms with Crippen molar-refractivity contribution in [3.63, 3.8) is 0 Å². The van der Waals surface area contributed by atoms with Crippen LogP contribution in [-0.4, -0.2) is 16.6 Å². The van der Waals surface area contributed by atoms with Gasteiger partial charge < -0.3 is 0 Å². The number of benzene rings is 1. The number of amides is 1. The Morgan fingerprint density at radius 3 is 2.57 bits per heavy atom. The Morgan fingerprint density at radius 1 is 1.24 bits per heavy atom. The quantitative estimate of drug-likeness (QED) is 0.853. The molecule has 3 nitrogen and oxygen atoms in total. The molecule has 1 amide bonds. The molecule has 1 aliphatic heterocycles. The molecule has 3 rings (SSSR count). The highest BCUT2D eigenvalue weighted by molar-refractivity contribution is 8.00. The highest BCUT2D eigenvalue weighted by Crippen LogP contribution is 2.43. The zero-order valence-corrected chi connectivity index (χ0v) is 11.4. The number of anilines is 1. The normalized spacial score (nSPS) is 18.3. The Morgan fingerprint density at radius 2 is 1.95 bits per heavy atom. The Hall–Kier alpha value is -2.02. The summed E-state index contributed by atoms with van der Waals surface area (Å²) in [5.74, 6) is -3.56. The molecule has 0 bridgehead atoms. The van der Waals surface area contributed by atoms with Gasteiger partial charge in [-0.3, -0.25) is 14.7 Å². The summed E-state index contributed by atoms with van der Waals surface area (Å²) in [6, 6.07) is 4.52. The van der Waals surface area contributed by atoms with Crippen LogP contribution in [0.25, 0.3) is 0 Å². The van der Waals surface area contributed by atoms with Crippen LogP contribution in [0.3, 0.4) is 0 Å². The molecule has 1 saturated heterocycles. The van der Waals surface area contributed by atoms with Crippen LogP contribution in [0.2, 0.25) is 0 Å². The average Bonchev–Trinajstić information content (AvgIpc) is 2.81. The minimum absolute atomic E-state index is 0.0931. The fourth-order valence-corrected chi connectivity index (χ4v) is 3.34. The third-order valence-electron chi connectivity index (χ3n) is 3.06. The van der Waals surface area contributed by atoms with Crippen molar-refractivity contribution in [3.05, 3.63) is 59.7 Å². The molecule has 1 aliphatic rings. The number of pyridine rings is 1. The average molecular weight is 310 g/mol. The fourth-order valence-electron chi connectivity index (χ4n) is 2.20. The number of halogens is 3. The van der Waals surface area contributed by atoms with Gasteiger partial charge in [0.05, 0.1) is 5.75 Å². The molecule has 0 saturated carbocycles. The van der Waals surface area contributed by atoms with E-state index in [9.17, 15) is 18.0 Å². The van der Waals surface area contributed by atoms with Crippen molar-refractivity contribution in [2.45, 2.75) is 5.37 Å². The second-order valence-corrected chi connectivity index (χ2v) is 5.50. The molecule has 1 atom stereocenters. The second-order valence-electron chi connectivity index (χ2n) is 4.43. The van der Waals surface area contributed by atoms with Crippen LogP contribution < -0.4 is 4.90 Å². The van der Waals surface area contributed by atoms with E-state index in [0.29, 0.717) is 17.7 Å². The van der Waals surface area contributed by atoms with Gasteiger partial charge in [0.15, 0.2) is 11.6 Å². The highest BCUT2D eigenvalue weighted by atomic mass is 32.2. The van der Waals surface area contributed by atoms with E-state index in [4.69, 9.17) is 0 Å². The van der Waals surface area contributed by atoms with Crippen molar-refractivity contribution in [2.24, 2.45) is 0 Å². The van der Waals surface area contributed by atoms with Crippen LogP contribution in [0, 0.1) is 17.5 Å². The number of thioether (sulfide) groups is 1. The van der Waals surface area contributed by atoms with E-state index in [1.807, 2.05) is 0 Å². The Balaban J connectivity index is 2.09. The van der Waals surface area contributed by atoms with Crippen molar-refractivity contribution in [1.82, 2.24) is 4.98 Å². The number of carbonyl (C=O) groups excluding carboxylic acids is 1. The number of hydrogen-bond acceptors (Lipinski definition) is 3. The lowest BCUT2D eigenvalue weighted by Gasteiger charge is -2.24. The van der Waals surface area contributed by atoms with Crippen LogP contribution in [0.15, 0.2) is 36.7 Å². The number of rotatable bonds is 2. The van der Waals surface area contributed by atoms with Gasteiger partial charge in [0, 0.05) is 30.1 Å². The monoisotopic (exact) mass is 310 g/mol. The molecule has 0 unspecified atom stereocenters. The molecule has 7 heteroatoms. The number of hydrogen-bond donors (Lipinski definition) is 0. The topological polar surface area (TPSA) is 33.2 Å². The number of aromatic nitrogens is 1. The predicted molar refractivity (Wildman–Crippen MR) is 73.2 cm³/mol. The Bertz CT molecular complexity index is 673. The summed E-state index contributed by atoms with van der Waals surface area (Å²) in [5.41, 5.74) is 0.122. The Kier molecular flexibility index (Phi) is 3.59. The third-order valence-corrected chi connectivity index (χ3v) is 4.27. The highest BCUT2D eigenvalue weighted by Gasteiger charge is 2.37. The van der Waals surface area contributed by atoms with E-state index in [2.05, 4.69) is 4.98 Å². The van der Waals surface area contributed by atoms with Crippen molar-refractivity contribution in [3.8, 4) is 0 Å². The molecule has 1 aromatic carbocycles. The molecular weight excluding hydrogens is 301 g/mol. The standard InChI is InChI=1S/C14H9F3N2OS/c15-9-4-10(16)13(11(17)5-9)19-12(20)7-21-14(19)8-2-1-3-18-6-8/h1-6,14H,7H2/t14-/m0/s1. The van der Waals surface area contributed by atoms with Crippen molar-refractivity contribution in [2.75, 3.05) is 10.7 Å². The Labute approximate surface area is 122 Å². The zero-order chi connectivity index (χ0) is 15.0. The minimum atomic E-state index is -1.10. The van der Waals surface area contributed by atoms with Crippen molar-refractivity contribution in [1.29, 1.82) is 0 Å². The molecule has 1 fully saturated rings. The molecule has 1 aromatic heterocycles. The summed E-state index contributed by atoms with van der Waals surface area (Å²) in [6.45, 7) is 0. The van der Waals surface area contributed by atoms with Crippen LogP contribution in [0.4, 0.5) is 18.9 Å². The summed E-state index contributed by atoms with van der Waals surface area (Å²) < 4.78 is 40.9. The zero-order valence-electron chi connectivity index (χ0n) is 10.6. The van der Waals surface area contributed by atoms with Crippen LogP contribution in [0.5, 0.6) is 0 Å². The largest absolute Gasteiger partial charge is 0.290 e. The maximum absolute atomic E-state index is 13.9. The van der Waals surface area contributed by atoms with Gasteiger partial charge >= 0.3 is 0 Å². The molecule has 0 spiro atoms. The van der Waals surface area contributed by atoms with Gasteiger partial charge in [-0.1, -0.05) is 6.07 Å². The molecule has 108 valence electrons. The molecular formula is C14H9F3N2OS. The maximum Gasteiger partial charge on any atom is 0.238 e. The van der Waals surface area contributed by atoms with Gasteiger partial charge in [-0.15, -0.1) is 11.8 Å². The van der Waals surface area contributed by atoms with Gasteiger partial charge in [-0.25, -0.2) is 13.2 Å². The van der Waals surface area contributed by atoms with Gasteiger partial charge in [0.2, 0.25) is 5.91 Å². The fraction of sp³-hybridized carbons (Fsp3) is 0.143. The van der Waals surface area contributed by atoms with Crippen LogP contribution in [0.1, 0.15) is 10.9 Å². The summed E-state index contributed by atoms with van der Waals surface area (Å²) in [5, 5.41) is -0.583. The van der Waals surface area contributed by atoms with E-state index < -0.39 is 34.4 Å². The maximum atomic E-state index is 13.9. The first-order chi connectivity index (χ1) is 10.1. The molecule has 2 heterocycles. The van der Waals surface area contributed by atoms with Crippen LogP contribution in [-0.2, 0) is 4.79 Å². The van der Waals surface area contributed by atoms with Gasteiger partial charge in [0.1, 0.15) is 16.9 Å². The van der Waals surface area contributed by atoms with E-state index >= 15 is 0 Å². The van der Waals surface area contributed by atoms with E-state index in [-0.39, 0.29) is 5.75 Å². The molecule has 2 aromatic rings. The third kappa shape index (κ3) is 2.49. The number of carbonyl (C=O) groups is 1. The SMILES string of the molecule is O=C1CS[C@@H](c2cccnc2)N1c1c(F)cc(F)cc1F. The predicted octanol–water partition coefficient (Wildman–Crippen LogP) is 3.28. The molecule has 0 radical (unpaired) electrons. The lowest BCUT2D eigenvalue weighted by Crippen LogP contribution is -2.29. The first-order valence-electron chi connectivity index (χ1n) is 6.06. The second kappa shape index (κ2) is 5.40. The summed E-state index contributed by atoms with van der Waals surface area (Å²) >= 11 is 1.24. The van der Waals surface area contributed by atoms with Gasteiger partial charge in [0.25, 0.3) is 0 Å². The first-order valence-corrected chi connectivity index (χ1v) is 7.11. The minimum Gasteiger partial charge on any atom is -0.290 e. The smallest absolute Gasteiger partial charge is 0.238 e. The summed E-state index contributed by atoms with van der Waals surface area (Å²) in [4.78, 5) is 17.0. The lowest BCUT2D eigenvalue weighted by atomic mass is 10.2. The van der Waals surface area contributed by atoms with Gasteiger partial charge in [-0.2, -0.15) is 0 Å². The first kappa shape index (κ1) is 13.9. The molecule has 0 aliphatic carbocycles. The summed E-state index contributed by atoms with van der Waals surface area (Å²) in [6.07, 6.45) is 3.09. The van der Waals surface area contributed by atoms with Crippen molar-refractivity contribution < 1.29 is 18.0 Å². The van der Waals surface area contributed by atoms with Crippen LogP contribution >= 0.6 is 11.8 Å². The van der Waals surface area contributed by atoms with E-state index in [1.165, 1.54) is 18.0 Å². The van der Waals surface area contributed by atoms with Crippen molar-refractivity contribution >= 4 is 23.4 Å². The number of nitrogens with zero attached hydrogens (tertiary/aromatic N) is 2. The molecule has 0 N–H and O–H groups in total. The van der Waals surface area contributed by atoms with E-state index in [0.717, 1.165) is 4.90 Å². The lowest BCUT2D eigenvalue weighted by molar-refractivity contribution is -0.115.